The highest BCUT2D eigenvalue weighted by atomic mass is 16.5. The van der Waals surface area contributed by atoms with Gasteiger partial charge in [-0.3, -0.25) is 9.59 Å². The first-order valence-electron chi connectivity index (χ1n) is 11.6. The molecule has 0 bridgehead atoms. The molecule has 32 heavy (non-hydrogen) atoms. The highest BCUT2D eigenvalue weighted by Crippen LogP contribution is 2.39. The summed E-state index contributed by atoms with van der Waals surface area (Å²) in [5, 5.41) is 18.1. The maximum Gasteiger partial charge on any atom is 0.276 e. The third-order valence-electron chi connectivity index (χ3n) is 7.31. The Morgan fingerprint density at radius 3 is 2.66 bits per heavy atom. The van der Waals surface area contributed by atoms with E-state index in [-0.39, 0.29) is 23.3 Å². The molecule has 1 fully saturated rings. The van der Waals surface area contributed by atoms with Gasteiger partial charge in [0.1, 0.15) is 5.76 Å². The third kappa shape index (κ3) is 4.44. The van der Waals surface area contributed by atoms with Crippen LogP contribution in [0, 0.1) is 0 Å². The Kier molecular flexibility index (Phi) is 6.65. The number of nitrogens with one attached hydrogen (secondary N) is 1. The Morgan fingerprint density at radius 1 is 1.19 bits per heavy atom. The minimum Gasteiger partial charge on any atom is -0.391 e. The number of aromatic nitrogens is 1. The van der Waals surface area contributed by atoms with Crippen molar-refractivity contribution in [2.24, 2.45) is 0 Å². The van der Waals surface area contributed by atoms with Crippen LogP contribution in [0.5, 0.6) is 0 Å². The minimum atomic E-state index is -0.644. The lowest BCUT2D eigenvalue weighted by molar-refractivity contribution is -0.119. The molecule has 4 rings (SSSR count). The van der Waals surface area contributed by atoms with Gasteiger partial charge in [0, 0.05) is 37.9 Å². The van der Waals surface area contributed by atoms with Crippen molar-refractivity contribution in [2.45, 2.75) is 75.9 Å². The summed E-state index contributed by atoms with van der Waals surface area (Å²) >= 11 is 0. The van der Waals surface area contributed by atoms with Crippen LogP contribution in [0.4, 0.5) is 0 Å². The quantitative estimate of drug-likeness (QED) is 0.699. The van der Waals surface area contributed by atoms with E-state index in [2.05, 4.69) is 22.6 Å². The Labute approximate surface area is 189 Å². The molecule has 3 atom stereocenters. The molecule has 0 radical (unpaired) electrons. The van der Waals surface area contributed by atoms with Crippen LogP contribution in [0.25, 0.3) is 0 Å². The van der Waals surface area contributed by atoms with Gasteiger partial charge >= 0.3 is 0 Å². The Hall–Kier alpha value is -2.67. The fraction of sp³-hybridized carbons (Fsp3) is 0.560. The molecule has 0 spiro atoms. The van der Waals surface area contributed by atoms with E-state index >= 15 is 0 Å². The summed E-state index contributed by atoms with van der Waals surface area (Å²) in [6.45, 7) is 2.04. The van der Waals surface area contributed by atoms with Gasteiger partial charge in [-0.1, -0.05) is 35.5 Å². The second-order valence-electron chi connectivity index (χ2n) is 9.32. The van der Waals surface area contributed by atoms with Crippen molar-refractivity contribution in [3.63, 3.8) is 0 Å². The molecule has 2 aromatic rings. The van der Waals surface area contributed by atoms with Gasteiger partial charge in [0.05, 0.1) is 12.1 Å². The van der Waals surface area contributed by atoms with Gasteiger partial charge in [-0.25, -0.2) is 0 Å². The zero-order valence-electron chi connectivity index (χ0n) is 19.0. The smallest absolute Gasteiger partial charge is 0.276 e. The predicted molar refractivity (Wildman–Crippen MR) is 120 cm³/mol. The van der Waals surface area contributed by atoms with Crippen molar-refractivity contribution in [2.75, 3.05) is 13.6 Å². The number of aliphatic hydroxyl groups is 1. The molecule has 0 aliphatic heterocycles. The summed E-state index contributed by atoms with van der Waals surface area (Å²) in [6.07, 6.45) is 5.77. The summed E-state index contributed by atoms with van der Waals surface area (Å²) in [4.78, 5) is 26.7. The van der Waals surface area contributed by atoms with E-state index in [0.717, 1.165) is 55.4 Å². The number of likely N-dealkylation sites (N-methyl/N-ethyl adjacent to an activating group) is 1. The normalized spacial score (nSPS) is 25.5. The molecule has 1 aromatic heterocycles. The van der Waals surface area contributed by atoms with Crippen LogP contribution in [0.15, 0.2) is 34.9 Å². The van der Waals surface area contributed by atoms with E-state index < -0.39 is 6.10 Å². The first-order chi connectivity index (χ1) is 15.4. The van der Waals surface area contributed by atoms with Crippen molar-refractivity contribution < 1.29 is 19.2 Å². The highest BCUT2D eigenvalue weighted by molar-refractivity contribution is 5.94. The molecule has 0 unspecified atom stereocenters. The molecule has 7 heteroatoms. The van der Waals surface area contributed by atoms with E-state index in [9.17, 15) is 14.7 Å². The van der Waals surface area contributed by atoms with Crippen LogP contribution < -0.4 is 5.32 Å². The summed E-state index contributed by atoms with van der Waals surface area (Å²) in [6, 6.07) is 9.85. The van der Waals surface area contributed by atoms with Crippen LogP contribution in [-0.2, 0) is 23.1 Å². The molecular formula is C25H33N3O4. The van der Waals surface area contributed by atoms with Crippen LogP contribution in [-0.4, -0.2) is 52.7 Å². The predicted octanol–water partition coefficient (Wildman–Crippen LogP) is 3.00. The number of aryl methyl sites for hydroxylation is 1. The topological polar surface area (TPSA) is 95.7 Å². The van der Waals surface area contributed by atoms with Crippen molar-refractivity contribution in [1.82, 2.24) is 15.4 Å². The van der Waals surface area contributed by atoms with Gasteiger partial charge < -0.3 is 19.8 Å². The fourth-order valence-electron chi connectivity index (χ4n) is 5.33. The molecule has 2 N–H and O–H groups in total. The standard InChI is InChI=1S/C25H33N3O4/c1-17(29)26-16-25(18-8-4-3-5-9-18)14-12-20(21(30)13-15-25)28(2)24(31)23-19-10-6-7-11-22(19)32-27-23/h3-5,8-9,20-21,30H,6-7,10-16H2,1-2H3,(H,26,29)/t20-,21-,25-/m1/s1. The van der Waals surface area contributed by atoms with Gasteiger partial charge in [0.2, 0.25) is 5.91 Å². The van der Waals surface area contributed by atoms with Crippen LogP contribution in [0.3, 0.4) is 0 Å². The zero-order valence-corrected chi connectivity index (χ0v) is 19.0. The second-order valence-corrected chi connectivity index (χ2v) is 9.32. The lowest BCUT2D eigenvalue weighted by atomic mass is 9.74. The number of rotatable bonds is 5. The number of carbonyl (C=O) groups excluding carboxylic acids is 2. The molecule has 1 aromatic carbocycles. The Morgan fingerprint density at radius 2 is 1.91 bits per heavy atom. The zero-order chi connectivity index (χ0) is 22.7. The maximum atomic E-state index is 13.3. The first kappa shape index (κ1) is 22.5. The molecular weight excluding hydrogens is 406 g/mol. The number of aliphatic hydroxyl groups excluding tert-OH is 1. The number of hydrogen-bond acceptors (Lipinski definition) is 5. The Bertz CT molecular complexity index is 957. The van der Waals surface area contributed by atoms with E-state index in [1.54, 1.807) is 11.9 Å². The van der Waals surface area contributed by atoms with Crippen LogP contribution in [0.2, 0.25) is 0 Å². The minimum absolute atomic E-state index is 0.0650. The number of benzene rings is 1. The van der Waals surface area contributed by atoms with Crippen molar-refractivity contribution in [1.29, 1.82) is 0 Å². The molecule has 1 heterocycles. The van der Waals surface area contributed by atoms with Gasteiger partial charge in [0.25, 0.3) is 5.91 Å². The van der Waals surface area contributed by atoms with E-state index in [0.29, 0.717) is 25.1 Å². The van der Waals surface area contributed by atoms with Gasteiger partial charge in [-0.15, -0.1) is 0 Å². The lowest BCUT2D eigenvalue weighted by Crippen LogP contribution is -2.44. The van der Waals surface area contributed by atoms with E-state index in [1.807, 2.05) is 18.2 Å². The van der Waals surface area contributed by atoms with Crippen LogP contribution in [0.1, 0.15) is 72.8 Å². The summed E-state index contributed by atoms with van der Waals surface area (Å²) in [5.74, 6) is 0.576. The van der Waals surface area contributed by atoms with Gasteiger partial charge in [-0.05, 0) is 50.5 Å². The second kappa shape index (κ2) is 9.45. The average molecular weight is 440 g/mol. The number of fused-ring (bicyclic) bond motifs is 1. The summed E-state index contributed by atoms with van der Waals surface area (Å²) < 4.78 is 5.44. The van der Waals surface area contributed by atoms with Crippen molar-refractivity contribution >= 4 is 11.8 Å². The number of hydrogen-bond donors (Lipinski definition) is 2. The maximum absolute atomic E-state index is 13.3. The lowest BCUT2D eigenvalue weighted by Gasteiger charge is -2.34. The van der Waals surface area contributed by atoms with E-state index in [4.69, 9.17) is 4.52 Å². The number of carbonyl (C=O) groups is 2. The molecule has 7 nitrogen and oxygen atoms in total. The molecule has 0 saturated heterocycles. The Balaban J connectivity index is 1.55. The van der Waals surface area contributed by atoms with Crippen molar-refractivity contribution in [3.8, 4) is 0 Å². The monoisotopic (exact) mass is 439 g/mol. The fourth-order valence-corrected chi connectivity index (χ4v) is 5.33. The molecule has 2 aliphatic carbocycles. The average Bonchev–Trinajstić information content (AvgIpc) is 3.16. The van der Waals surface area contributed by atoms with Gasteiger partial charge in [-0.2, -0.15) is 0 Å². The largest absolute Gasteiger partial charge is 0.391 e. The van der Waals surface area contributed by atoms with Crippen molar-refractivity contribution in [3.05, 3.63) is 52.9 Å². The number of amides is 2. The molecule has 2 aliphatic rings. The summed E-state index contributed by atoms with van der Waals surface area (Å²) in [5.41, 5.74) is 2.20. The van der Waals surface area contributed by atoms with E-state index in [1.165, 1.54) is 6.92 Å². The highest BCUT2D eigenvalue weighted by Gasteiger charge is 2.41. The molecule has 2 amide bonds. The number of nitrogens with zero attached hydrogens (tertiary/aromatic N) is 2. The first-order valence-corrected chi connectivity index (χ1v) is 11.6. The summed E-state index contributed by atoms with van der Waals surface area (Å²) in [7, 11) is 1.75. The third-order valence-corrected chi connectivity index (χ3v) is 7.31. The van der Waals surface area contributed by atoms with Crippen LogP contribution >= 0.6 is 0 Å². The molecule has 172 valence electrons. The SMILES string of the molecule is CC(=O)NC[C@]1(c2ccccc2)CC[C@@H](O)[C@H](N(C)C(=O)c2noc3c2CCCC3)CC1. The molecule has 1 saturated carbocycles. The van der Waals surface area contributed by atoms with Gasteiger partial charge in [0.15, 0.2) is 5.69 Å².